The molecule has 0 saturated carbocycles. The normalized spacial score (nSPS) is 12.4. The number of hydrogen-bond acceptors (Lipinski definition) is 4. The first kappa shape index (κ1) is 18.4. The maximum atomic E-state index is 5.58. The van der Waals surface area contributed by atoms with E-state index in [0.29, 0.717) is 11.8 Å². The molecule has 0 fully saturated rings. The second-order valence-electron chi connectivity index (χ2n) is 6.34. The van der Waals surface area contributed by atoms with Crippen molar-refractivity contribution in [1.29, 1.82) is 0 Å². The number of nitrogens with one attached hydrogen (secondary N) is 1. The van der Waals surface area contributed by atoms with Crippen LogP contribution in [0.3, 0.4) is 0 Å². The Balaban J connectivity index is 1.76. The highest BCUT2D eigenvalue weighted by molar-refractivity contribution is 5.42. The van der Waals surface area contributed by atoms with E-state index in [4.69, 9.17) is 13.9 Å². The molecule has 0 aliphatic rings. The number of methoxy groups -OCH3 is 2. The summed E-state index contributed by atoms with van der Waals surface area (Å²) in [6.45, 7) is 6.42. The second-order valence-corrected chi connectivity index (χ2v) is 6.34. The minimum Gasteiger partial charge on any atom is -0.493 e. The van der Waals surface area contributed by atoms with Gasteiger partial charge >= 0.3 is 0 Å². The van der Waals surface area contributed by atoms with Crippen LogP contribution in [0.25, 0.3) is 0 Å². The monoisotopic (exact) mass is 331 g/mol. The molecular weight excluding hydrogens is 302 g/mol. The predicted octanol–water partition coefficient (Wildman–Crippen LogP) is 4.26. The lowest BCUT2D eigenvalue weighted by atomic mass is 9.90. The molecule has 24 heavy (non-hydrogen) atoms. The molecule has 1 unspecified atom stereocenters. The summed E-state index contributed by atoms with van der Waals surface area (Å²) < 4.78 is 16.2. The molecule has 0 radical (unpaired) electrons. The van der Waals surface area contributed by atoms with Crippen molar-refractivity contribution < 1.29 is 13.9 Å². The average Bonchev–Trinajstić information content (AvgIpc) is 3.11. The Kier molecular flexibility index (Phi) is 7.19. The Labute approximate surface area is 145 Å². The van der Waals surface area contributed by atoms with E-state index < -0.39 is 0 Å². The maximum Gasteiger partial charge on any atom is 0.160 e. The van der Waals surface area contributed by atoms with E-state index in [2.05, 4.69) is 31.3 Å². The van der Waals surface area contributed by atoms with Crippen LogP contribution in [-0.4, -0.2) is 27.3 Å². The summed E-state index contributed by atoms with van der Waals surface area (Å²) in [5, 5.41) is 3.53. The van der Waals surface area contributed by atoms with Crippen LogP contribution in [0, 0.1) is 5.92 Å². The molecule has 1 aromatic carbocycles. The van der Waals surface area contributed by atoms with E-state index in [-0.39, 0.29) is 0 Å². The lowest BCUT2D eigenvalue weighted by Gasteiger charge is -2.18. The summed E-state index contributed by atoms with van der Waals surface area (Å²) in [7, 11) is 3.32. The molecule has 0 amide bonds. The molecule has 1 atom stereocenters. The molecule has 1 N–H and O–H groups in total. The number of furan rings is 1. The second kappa shape index (κ2) is 9.38. The molecule has 1 aromatic heterocycles. The molecule has 0 aliphatic carbocycles. The van der Waals surface area contributed by atoms with Crippen LogP contribution >= 0.6 is 0 Å². The minimum atomic E-state index is 0.466. The third-order valence-electron chi connectivity index (χ3n) is 4.38. The van der Waals surface area contributed by atoms with Gasteiger partial charge < -0.3 is 19.2 Å². The lowest BCUT2D eigenvalue weighted by molar-refractivity contribution is 0.354. The molecule has 2 rings (SSSR count). The van der Waals surface area contributed by atoms with Gasteiger partial charge in [0.15, 0.2) is 11.5 Å². The third-order valence-corrected chi connectivity index (χ3v) is 4.38. The fourth-order valence-corrected chi connectivity index (χ4v) is 2.96. The van der Waals surface area contributed by atoms with Gasteiger partial charge in [0.1, 0.15) is 5.76 Å². The van der Waals surface area contributed by atoms with Gasteiger partial charge in [0.05, 0.1) is 20.5 Å². The molecule has 1 heterocycles. The summed E-state index contributed by atoms with van der Waals surface area (Å²) in [6, 6.07) is 10.1. The van der Waals surface area contributed by atoms with Crippen LogP contribution in [0.1, 0.15) is 37.5 Å². The minimum absolute atomic E-state index is 0.466. The highest BCUT2D eigenvalue weighted by Gasteiger charge is 2.17. The number of benzene rings is 1. The SMILES string of the molecule is COc1ccc(CCNCCC(c2ccco2)C(C)C)cc1OC. The van der Waals surface area contributed by atoms with E-state index in [1.54, 1.807) is 20.5 Å². The van der Waals surface area contributed by atoms with Crippen LogP contribution in [0.4, 0.5) is 0 Å². The van der Waals surface area contributed by atoms with Crippen LogP contribution in [0.2, 0.25) is 0 Å². The number of hydrogen-bond donors (Lipinski definition) is 1. The molecule has 4 nitrogen and oxygen atoms in total. The van der Waals surface area contributed by atoms with Gasteiger partial charge in [-0.15, -0.1) is 0 Å². The van der Waals surface area contributed by atoms with E-state index in [9.17, 15) is 0 Å². The Morgan fingerprint density at radius 3 is 2.46 bits per heavy atom. The van der Waals surface area contributed by atoms with Crippen molar-refractivity contribution in [3.05, 3.63) is 47.9 Å². The summed E-state index contributed by atoms with van der Waals surface area (Å²) in [4.78, 5) is 0. The Morgan fingerprint density at radius 1 is 1.04 bits per heavy atom. The smallest absolute Gasteiger partial charge is 0.160 e. The highest BCUT2D eigenvalue weighted by Crippen LogP contribution is 2.28. The number of ether oxygens (including phenoxy) is 2. The Bertz CT molecular complexity index is 593. The van der Waals surface area contributed by atoms with Crippen molar-refractivity contribution in [2.75, 3.05) is 27.3 Å². The third kappa shape index (κ3) is 5.03. The number of rotatable bonds is 10. The maximum absolute atomic E-state index is 5.58. The molecule has 0 bridgehead atoms. The molecule has 0 aliphatic heterocycles. The highest BCUT2D eigenvalue weighted by atomic mass is 16.5. The molecule has 2 aromatic rings. The summed E-state index contributed by atoms with van der Waals surface area (Å²) in [6.07, 6.45) is 3.81. The topological polar surface area (TPSA) is 43.6 Å². The lowest BCUT2D eigenvalue weighted by Crippen LogP contribution is -2.21. The molecule has 0 saturated heterocycles. The zero-order chi connectivity index (χ0) is 17.4. The summed E-state index contributed by atoms with van der Waals surface area (Å²) in [5.41, 5.74) is 1.24. The predicted molar refractivity (Wildman–Crippen MR) is 97.0 cm³/mol. The van der Waals surface area contributed by atoms with Crippen LogP contribution < -0.4 is 14.8 Å². The zero-order valence-electron chi connectivity index (χ0n) is 15.2. The van der Waals surface area contributed by atoms with Gasteiger partial charge in [-0.25, -0.2) is 0 Å². The van der Waals surface area contributed by atoms with Gasteiger partial charge in [0, 0.05) is 5.92 Å². The van der Waals surface area contributed by atoms with Gasteiger partial charge in [-0.05, 0) is 61.7 Å². The zero-order valence-corrected chi connectivity index (χ0v) is 15.2. The van der Waals surface area contributed by atoms with E-state index >= 15 is 0 Å². The van der Waals surface area contributed by atoms with Crippen molar-refractivity contribution in [3.8, 4) is 11.5 Å². The Morgan fingerprint density at radius 2 is 1.83 bits per heavy atom. The quantitative estimate of drug-likeness (QED) is 0.661. The van der Waals surface area contributed by atoms with Gasteiger partial charge in [-0.1, -0.05) is 19.9 Å². The van der Waals surface area contributed by atoms with E-state index in [1.165, 1.54) is 5.56 Å². The van der Waals surface area contributed by atoms with Gasteiger partial charge in [0.2, 0.25) is 0 Å². The molecule has 0 spiro atoms. The summed E-state index contributed by atoms with van der Waals surface area (Å²) >= 11 is 0. The first-order chi connectivity index (χ1) is 11.7. The van der Waals surface area contributed by atoms with E-state index in [1.807, 2.05) is 18.2 Å². The largest absolute Gasteiger partial charge is 0.493 e. The van der Waals surface area contributed by atoms with Crippen LogP contribution in [0.5, 0.6) is 11.5 Å². The average molecular weight is 331 g/mol. The first-order valence-electron chi connectivity index (χ1n) is 8.60. The fraction of sp³-hybridized carbons (Fsp3) is 0.500. The molecule has 132 valence electrons. The van der Waals surface area contributed by atoms with Crippen molar-refractivity contribution in [1.82, 2.24) is 5.32 Å². The standard InChI is InChI=1S/C20H29NO3/c1-15(2)17(18-6-5-13-24-18)10-12-21-11-9-16-7-8-19(22-3)20(14-16)23-4/h5-8,13-15,17,21H,9-12H2,1-4H3. The molecular formula is C20H29NO3. The van der Waals surface area contributed by atoms with Crippen molar-refractivity contribution in [2.24, 2.45) is 5.92 Å². The van der Waals surface area contributed by atoms with Gasteiger partial charge in [-0.2, -0.15) is 0 Å². The van der Waals surface area contributed by atoms with Crippen molar-refractivity contribution in [2.45, 2.75) is 32.6 Å². The van der Waals surface area contributed by atoms with Crippen LogP contribution in [0.15, 0.2) is 41.0 Å². The first-order valence-corrected chi connectivity index (χ1v) is 8.60. The summed E-state index contributed by atoms with van der Waals surface area (Å²) in [5.74, 6) is 3.68. The molecule has 4 heteroatoms. The van der Waals surface area contributed by atoms with Gasteiger partial charge in [-0.3, -0.25) is 0 Å². The van der Waals surface area contributed by atoms with E-state index in [0.717, 1.165) is 43.2 Å². The Hall–Kier alpha value is -1.94. The fourth-order valence-electron chi connectivity index (χ4n) is 2.96. The van der Waals surface area contributed by atoms with Crippen LogP contribution in [-0.2, 0) is 6.42 Å². The van der Waals surface area contributed by atoms with Crippen molar-refractivity contribution >= 4 is 0 Å². The van der Waals surface area contributed by atoms with Gasteiger partial charge in [0.25, 0.3) is 0 Å². The van der Waals surface area contributed by atoms with Crippen molar-refractivity contribution in [3.63, 3.8) is 0 Å².